The zero-order valence-electron chi connectivity index (χ0n) is 13.2. The summed E-state index contributed by atoms with van der Waals surface area (Å²) in [6.07, 6.45) is 3.07. The Balaban J connectivity index is 2.18. The van der Waals surface area contributed by atoms with Crippen LogP contribution < -0.4 is 10.5 Å². The minimum absolute atomic E-state index is 0.363. The monoisotopic (exact) mass is 283 g/mol. The van der Waals surface area contributed by atoms with Crippen molar-refractivity contribution in [2.75, 3.05) is 7.11 Å². The van der Waals surface area contributed by atoms with Crippen molar-refractivity contribution in [3.8, 4) is 5.75 Å². The van der Waals surface area contributed by atoms with Gasteiger partial charge in [-0.1, -0.05) is 49.7 Å². The quantitative estimate of drug-likeness (QED) is 0.867. The van der Waals surface area contributed by atoms with Gasteiger partial charge in [-0.25, -0.2) is 0 Å². The van der Waals surface area contributed by atoms with Crippen molar-refractivity contribution in [3.05, 3.63) is 65.2 Å². The number of rotatable bonds is 6. The first kappa shape index (κ1) is 15.6. The van der Waals surface area contributed by atoms with Crippen LogP contribution in [0.5, 0.6) is 5.75 Å². The summed E-state index contributed by atoms with van der Waals surface area (Å²) in [5, 5.41) is 0. The highest BCUT2D eigenvalue weighted by Crippen LogP contribution is 2.25. The summed E-state index contributed by atoms with van der Waals surface area (Å²) in [4.78, 5) is 0. The molecule has 0 bridgehead atoms. The number of benzene rings is 2. The van der Waals surface area contributed by atoms with E-state index >= 15 is 0 Å². The number of methoxy groups -OCH3 is 1. The Labute approximate surface area is 127 Å². The molecule has 0 heterocycles. The van der Waals surface area contributed by atoms with Crippen molar-refractivity contribution in [3.63, 3.8) is 0 Å². The molecule has 0 fully saturated rings. The molecule has 1 unspecified atom stereocenters. The Morgan fingerprint density at radius 2 is 1.76 bits per heavy atom. The molecule has 2 aromatic rings. The van der Waals surface area contributed by atoms with Crippen LogP contribution in [0.2, 0.25) is 0 Å². The largest absolute Gasteiger partial charge is 0.497 e. The first-order chi connectivity index (χ1) is 10.0. The zero-order valence-corrected chi connectivity index (χ0v) is 13.2. The van der Waals surface area contributed by atoms with E-state index in [1.54, 1.807) is 7.11 Å². The summed E-state index contributed by atoms with van der Waals surface area (Å²) >= 11 is 0. The molecule has 112 valence electrons. The Kier molecular flexibility index (Phi) is 5.03. The van der Waals surface area contributed by atoms with E-state index in [2.05, 4.69) is 50.2 Å². The molecule has 0 aliphatic heterocycles. The van der Waals surface area contributed by atoms with Crippen molar-refractivity contribution < 1.29 is 4.74 Å². The van der Waals surface area contributed by atoms with Crippen LogP contribution in [-0.4, -0.2) is 7.11 Å². The van der Waals surface area contributed by atoms with Gasteiger partial charge in [0.25, 0.3) is 0 Å². The SMILES string of the molecule is CCCc1cccc(C(C)(N)Cc2ccc(OC)cc2)c1. The molecule has 0 aromatic heterocycles. The van der Waals surface area contributed by atoms with Crippen LogP contribution in [0.1, 0.15) is 37.0 Å². The third-order valence-corrected chi connectivity index (χ3v) is 3.86. The summed E-state index contributed by atoms with van der Waals surface area (Å²) in [6.45, 7) is 4.30. The second-order valence-electron chi connectivity index (χ2n) is 5.89. The van der Waals surface area contributed by atoms with Gasteiger partial charge in [0, 0.05) is 5.54 Å². The average molecular weight is 283 g/mol. The highest BCUT2D eigenvalue weighted by Gasteiger charge is 2.21. The van der Waals surface area contributed by atoms with Crippen LogP contribution in [-0.2, 0) is 18.4 Å². The van der Waals surface area contributed by atoms with Gasteiger partial charge in [-0.15, -0.1) is 0 Å². The average Bonchev–Trinajstić information content (AvgIpc) is 2.48. The second-order valence-corrected chi connectivity index (χ2v) is 5.89. The fourth-order valence-electron chi connectivity index (χ4n) is 2.64. The van der Waals surface area contributed by atoms with Crippen LogP contribution in [0, 0.1) is 0 Å². The van der Waals surface area contributed by atoms with E-state index in [-0.39, 0.29) is 5.54 Å². The minimum atomic E-state index is -0.363. The molecule has 0 saturated carbocycles. The van der Waals surface area contributed by atoms with Crippen molar-refractivity contribution in [1.82, 2.24) is 0 Å². The number of ether oxygens (including phenoxy) is 1. The van der Waals surface area contributed by atoms with E-state index in [0.717, 1.165) is 25.0 Å². The summed E-state index contributed by atoms with van der Waals surface area (Å²) in [7, 11) is 1.68. The van der Waals surface area contributed by atoms with Gasteiger partial charge in [-0.05, 0) is 48.6 Å². The molecule has 2 nitrogen and oxygen atoms in total. The molecular formula is C19H25NO. The van der Waals surface area contributed by atoms with Crippen molar-refractivity contribution >= 4 is 0 Å². The molecule has 0 amide bonds. The number of aryl methyl sites for hydroxylation is 1. The first-order valence-electron chi connectivity index (χ1n) is 7.56. The highest BCUT2D eigenvalue weighted by atomic mass is 16.5. The predicted molar refractivity (Wildman–Crippen MR) is 88.7 cm³/mol. The number of hydrogen-bond donors (Lipinski definition) is 1. The maximum Gasteiger partial charge on any atom is 0.118 e. The minimum Gasteiger partial charge on any atom is -0.497 e. The van der Waals surface area contributed by atoms with Gasteiger partial charge in [0.15, 0.2) is 0 Å². The molecule has 1 atom stereocenters. The highest BCUT2D eigenvalue weighted by molar-refractivity contribution is 5.33. The van der Waals surface area contributed by atoms with Gasteiger partial charge < -0.3 is 10.5 Å². The maximum absolute atomic E-state index is 6.57. The Morgan fingerprint density at radius 1 is 1.05 bits per heavy atom. The van der Waals surface area contributed by atoms with Crippen molar-refractivity contribution in [2.24, 2.45) is 5.73 Å². The lowest BCUT2D eigenvalue weighted by molar-refractivity contribution is 0.414. The first-order valence-corrected chi connectivity index (χ1v) is 7.56. The van der Waals surface area contributed by atoms with Gasteiger partial charge in [0.2, 0.25) is 0 Å². The standard InChI is InChI=1S/C19H25NO/c1-4-6-15-7-5-8-17(13-15)19(2,20)14-16-9-11-18(21-3)12-10-16/h5,7-13H,4,6,14,20H2,1-3H3. The molecule has 0 spiro atoms. The van der Waals surface area contributed by atoms with Gasteiger partial charge in [0.05, 0.1) is 7.11 Å². The molecule has 0 saturated heterocycles. The van der Waals surface area contributed by atoms with Gasteiger partial charge in [0.1, 0.15) is 5.75 Å². The molecule has 2 rings (SSSR count). The van der Waals surface area contributed by atoms with E-state index in [1.807, 2.05) is 12.1 Å². The molecule has 0 aliphatic carbocycles. The van der Waals surface area contributed by atoms with Crippen LogP contribution in [0.25, 0.3) is 0 Å². The van der Waals surface area contributed by atoms with Gasteiger partial charge >= 0.3 is 0 Å². The lowest BCUT2D eigenvalue weighted by Gasteiger charge is -2.26. The lowest BCUT2D eigenvalue weighted by Crippen LogP contribution is -2.35. The summed E-state index contributed by atoms with van der Waals surface area (Å²) in [5.41, 5.74) is 10.00. The molecule has 2 heteroatoms. The van der Waals surface area contributed by atoms with E-state index in [0.29, 0.717) is 0 Å². The van der Waals surface area contributed by atoms with Gasteiger partial charge in [-0.2, -0.15) is 0 Å². The molecule has 2 aromatic carbocycles. The third-order valence-electron chi connectivity index (χ3n) is 3.86. The normalized spacial score (nSPS) is 13.7. The summed E-state index contributed by atoms with van der Waals surface area (Å²) < 4.78 is 5.20. The van der Waals surface area contributed by atoms with Crippen molar-refractivity contribution in [1.29, 1.82) is 0 Å². The smallest absolute Gasteiger partial charge is 0.118 e. The van der Waals surface area contributed by atoms with Crippen LogP contribution in [0.15, 0.2) is 48.5 Å². The van der Waals surface area contributed by atoms with E-state index < -0.39 is 0 Å². The van der Waals surface area contributed by atoms with E-state index in [9.17, 15) is 0 Å². The van der Waals surface area contributed by atoms with E-state index in [4.69, 9.17) is 10.5 Å². The van der Waals surface area contributed by atoms with Crippen LogP contribution in [0.3, 0.4) is 0 Å². The molecular weight excluding hydrogens is 258 g/mol. The fourth-order valence-corrected chi connectivity index (χ4v) is 2.64. The number of hydrogen-bond acceptors (Lipinski definition) is 2. The summed E-state index contributed by atoms with van der Waals surface area (Å²) in [5.74, 6) is 0.877. The molecule has 0 aliphatic rings. The van der Waals surface area contributed by atoms with Gasteiger partial charge in [-0.3, -0.25) is 0 Å². The number of nitrogens with two attached hydrogens (primary N) is 1. The Morgan fingerprint density at radius 3 is 2.38 bits per heavy atom. The molecule has 0 radical (unpaired) electrons. The van der Waals surface area contributed by atoms with Crippen LogP contribution in [0.4, 0.5) is 0 Å². The second kappa shape index (κ2) is 6.77. The molecule has 21 heavy (non-hydrogen) atoms. The van der Waals surface area contributed by atoms with Crippen LogP contribution >= 0.6 is 0 Å². The maximum atomic E-state index is 6.57. The van der Waals surface area contributed by atoms with Crippen molar-refractivity contribution in [2.45, 2.75) is 38.6 Å². The Bertz CT molecular complexity index is 572. The fraction of sp³-hybridized carbons (Fsp3) is 0.368. The predicted octanol–water partition coefficient (Wildman–Crippen LogP) is 4.06. The zero-order chi connectivity index (χ0) is 15.3. The topological polar surface area (TPSA) is 35.2 Å². The van der Waals surface area contributed by atoms with E-state index in [1.165, 1.54) is 16.7 Å². The lowest BCUT2D eigenvalue weighted by atomic mass is 9.85. The summed E-state index contributed by atoms with van der Waals surface area (Å²) in [6, 6.07) is 16.8. The third kappa shape index (κ3) is 4.08. The Hall–Kier alpha value is -1.80. The molecule has 2 N–H and O–H groups in total.